The molecule has 0 bridgehead atoms. The van der Waals surface area contributed by atoms with Crippen LogP contribution < -0.4 is 10.1 Å². The van der Waals surface area contributed by atoms with Crippen LogP contribution in [0.1, 0.15) is 25.0 Å². The maximum absolute atomic E-state index is 11.3. The maximum atomic E-state index is 11.3. The molecule has 21 heavy (non-hydrogen) atoms. The molecule has 7 nitrogen and oxygen atoms in total. The summed E-state index contributed by atoms with van der Waals surface area (Å²) in [6.07, 6.45) is 2.39. The fourth-order valence-electron chi connectivity index (χ4n) is 1.84. The number of nitro groups is 1. The first-order chi connectivity index (χ1) is 10.1. The topological polar surface area (TPSA) is 90.4 Å². The quantitative estimate of drug-likeness (QED) is 0.621. The van der Waals surface area contributed by atoms with E-state index < -0.39 is 4.92 Å². The van der Waals surface area contributed by atoms with E-state index >= 15 is 0 Å². The van der Waals surface area contributed by atoms with Crippen LogP contribution in [-0.2, 0) is 6.54 Å². The summed E-state index contributed by atoms with van der Waals surface area (Å²) < 4.78 is 10.7. The molecule has 0 amide bonds. The van der Waals surface area contributed by atoms with Crippen LogP contribution in [0.25, 0.3) is 0 Å². The molecule has 1 N–H and O–H groups in total. The van der Waals surface area contributed by atoms with Crippen LogP contribution in [0.15, 0.2) is 28.8 Å². The van der Waals surface area contributed by atoms with Gasteiger partial charge in [-0.3, -0.25) is 10.1 Å². The molecule has 1 aromatic carbocycles. The Labute approximate surface area is 122 Å². The van der Waals surface area contributed by atoms with E-state index in [0.29, 0.717) is 23.9 Å². The highest BCUT2D eigenvalue weighted by molar-refractivity contribution is 5.68. The van der Waals surface area contributed by atoms with Crippen LogP contribution in [-0.4, -0.2) is 16.5 Å². The van der Waals surface area contributed by atoms with Gasteiger partial charge in [-0.15, -0.1) is 0 Å². The number of nitrogens with zero attached hydrogens (tertiary/aromatic N) is 2. The molecule has 0 radical (unpaired) electrons. The van der Waals surface area contributed by atoms with Gasteiger partial charge in [0, 0.05) is 0 Å². The van der Waals surface area contributed by atoms with E-state index in [1.165, 1.54) is 0 Å². The molecule has 0 unspecified atom stereocenters. The Morgan fingerprint density at radius 3 is 2.90 bits per heavy atom. The van der Waals surface area contributed by atoms with Gasteiger partial charge in [-0.2, -0.15) is 0 Å². The number of para-hydroxylation sites is 1. The minimum absolute atomic E-state index is 0.0748. The van der Waals surface area contributed by atoms with Crippen molar-refractivity contribution in [3.63, 3.8) is 0 Å². The molecule has 0 spiro atoms. The zero-order valence-corrected chi connectivity index (χ0v) is 12.0. The summed E-state index contributed by atoms with van der Waals surface area (Å²) >= 11 is 0. The van der Waals surface area contributed by atoms with Crippen molar-refractivity contribution >= 4 is 11.4 Å². The fraction of sp³-hybridized carbons (Fsp3) is 0.357. The van der Waals surface area contributed by atoms with Gasteiger partial charge < -0.3 is 14.5 Å². The first-order valence-corrected chi connectivity index (χ1v) is 6.67. The first-order valence-electron chi connectivity index (χ1n) is 6.67. The van der Waals surface area contributed by atoms with Gasteiger partial charge in [0.2, 0.25) is 5.89 Å². The lowest BCUT2D eigenvalue weighted by molar-refractivity contribution is -0.385. The molecule has 0 aliphatic rings. The number of benzene rings is 1. The van der Waals surface area contributed by atoms with Crippen molar-refractivity contribution in [1.82, 2.24) is 4.98 Å². The Morgan fingerprint density at radius 1 is 1.48 bits per heavy atom. The van der Waals surface area contributed by atoms with Crippen molar-refractivity contribution in [1.29, 1.82) is 0 Å². The van der Waals surface area contributed by atoms with Gasteiger partial charge in [0.05, 0.1) is 24.3 Å². The third-order valence-electron chi connectivity index (χ3n) is 2.74. The van der Waals surface area contributed by atoms with E-state index in [-0.39, 0.29) is 18.0 Å². The van der Waals surface area contributed by atoms with E-state index in [1.54, 1.807) is 31.3 Å². The van der Waals surface area contributed by atoms with Crippen LogP contribution in [0.5, 0.6) is 5.75 Å². The van der Waals surface area contributed by atoms with Crippen molar-refractivity contribution in [2.45, 2.75) is 26.8 Å². The van der Waals surface area contributed by atoms with Crippen LogP contribution >= 0.6 is 0 Å². The smallest absolute Gasteiger partial charge is 0.333 e. The molecule has 7 heteroatoms. The minimum atomic E-state index is -0.450. The Hall–Kier alpha value is -2.57. The average molecular weight is 291 g/mol. The van der Waals surface area contributed by atoms with E-state index in [2.05, 4.69) is 10.3 Å². The molecule has 2 rings (SSSR count). The molecule has 0 fully saturated rings. The Morgan fingerprint density at radius 2 is 2.29 bits per heavy atom. The number of nitro benzene ring substituents is 1. The number of rotatable bonds is 7. The monoisotopic (exact) mass is 291 g/mol. The second kappa shape index (κ2) is 6.74. The van der Waals surface area contributed by atoms with Crippen molar-refractivity contribution in [3.05, 3.63) is 46.2 Å². The van der Waals surface area contributed by atoms with Crippen LogP contribution in [0, 0.1) is 17.0 Å². The number of nitrogens with one attached hydrogen (secondary N) is 1. The second-order valence-corrected chi connectivity index (χ2v) is 4.48. The summed E-state index contributed by atoms with van der Waals surface area (Å²) in [5.74, 6) is 1.43. The third kappa shape index (κ3) is 3.71. The molecule has 0 aliphatic heterocycles. The predicted molar refractivity (Wildman–Crippen MR) is 77.4 cm³/mol. The highest BCUT2D eigenvalue weighted by Gasteiger charge is 2.21. The lowest BCUT2D eigenvalue weighted by atomic mass is 10.2. The summed E-state index contributed by atoms with van der Waals surface area (Å²) in [5, 5.41) is 14.2. The minimum Gasteiger partial charge on any atom is -0.487 e. The maximum Gasteiger partial charge on any atom is 0.333 e. The van der Waals surface area contributed by atoms with Crippen LogP contribution in [0.4, 0.5) is 11.4 Å². The molecular formula is C14H17N3O4. The summed E-state index contributed by atoms with van der Waals surface area (Å²) in [6.45, 7) is 4.44. The predicted octanol–water partition coefficient (Wildman–Crippen LogP) is 3.29. The molecule has 0 atom stereocenters. The molecular weight excluding hydrogens is 274 g/mol. The third-order valence-corrected chi connectivity index (χ3v) is 2.74. The van der Waals surface area contributed by atoms with Crippen molar-refractivity contribution in [2.24, 2.45) is 0 Å². The van der Waals surface area contributed by atoms with Gasteiger partial charge >= 0.3 is 5.69 Å². The van der Waals surface area contributed by atoms with Crippen molar-refractivity contribution in [3.8, 4) is 5.75 Å². The highest BCUT2D eigenvalue weighted by atomic mass is 16.6. The summed E-state index contributed by atoms with van der Waals surface area (Å²) in [4.78, 5) is 14.9. The largest absolute Gasteiger partial charge is 0.487 e. The van der Waals surface area contributed by atoms with Crippen molar-refractivity contribution in [2.75, 3.05) is 11.9 Å². The number of hydrogen-bond donors (Lipinski definition) is 1. The lowest BCUT2D eigenvalue weighted by Gasteiger charge is -2.09. The summed E-state index contributed by atoms with van der Waals surface area (Å²) in [5.41, 5.74) is 0.304. The molecule has 0 saturated carbocycles. The number of anilines is 1. The molecule has 1 heterocycles. The van der Waals surface area contributed by atoms with Gasteiger partial charge in [-0.05, 0) is 25.5 Å². The molecule has 112 valence electrons. The van der Waals surface area contributed by atoms with E-state index in [4.69, 9.17) is 9.15 Å². The van der Waals surface area contributed by atoms with E-state index in [0.717, 1.165) is 6.42 Å². The summed E-state index contributed by atoms with van der Waals surface area (Å²) in [7, 11) is 0. The SMILES string of the molecule is CCCOc1cccc(NCc2ncc(C)o2)c1[N+](=O)[O-]. The zero-order chi connectivity index (χ0) is 15.2. The molecule has 1 aromatic heterocycles. The fourth-order valence-corrected chi connectivity index (χ4v) is 1.84. The van der Waals surface area contributed by atoms with E-state index in [9.17, 15) is 10.1 Å². The number of ether oxygens (including phenoxy) is 1. The first kappa shape index (κ1) is 14.8. The van der Waals surface area contributed by atoms with Gasteiger partial charge in [-0.1, -0.05) is 13.0 Å². The highest BCUT2D eigenvalue weighted by Crippen LogP contribution is 2.35. The Kier molecular flexibility index (Phi) is 4.76. The average Bonchev–Trinajstić information content (AvgIpc) is 2.88. The van der Waals surface area contributed by atoms with E-state index in [1.807, 2.05) is 6.92 Å². The number of aromatic nitrogens is 1. The molecule has 0 saturated heterocycles. The summed E-state index contributed by atoms with van der Waals surface area (Å²) in [6, 6.07) is 4.93. The molecule has 0 aliphatic carbocycles. The Balaban J connectivity index is 2.19. The number of aryl methyl sites for hydroxylation is 1. The van der Waals surface area contributed by atoms with Crippen molar-refractivity contribution < 1.29 is 14.1 Å². The zero-order valence-electron chi connectivity index (χ0n) is 12.0. The van der Waals surface area contributed by atoms with Gasteiger partial charge in [0.15, 0.2) is 5.75 Å². The van der Waals surface area contributed by atoms with Gasteiger partial charge in [0.1, 0.15) is 11.4 Å². The van der Waals surface area contributed by atoms with Crippen LogP contribution in [0.3, 0.4) is 0 Å². The number of hydrogen-bond acceptors (Lipinski definition) is 6. The molecule has 2 aromatic rings. The number of oxazole rings is 1. The normalized spacial score (nSPS) is 10.4. The second-order valence-electron chi connectivity index (χ2n) is 4.48. The van der Waals surface area contributed by atoms with Crippen LogP contribution in [0.2, 0.25) is 0 Å². The Bertz CT molecular complexity index is 624. The van der Waals surface area contributed by atoms with Gasteiger partial charge in [-0.25, -0.2) is 4.98 Å². The standard InChI is InChI=1S/C14H17N3O4/c1-3-7-20-12-6-4-5-11(14(12)17(18)19)15-9-13-16-8-10(2)21-13/h4-6,8,15H,3,7,9H2,1-2H3. The lowest BCUT2D eigenvalue weighted by Crippen LogP contribution is -2.05. The van der Waals surface area contributed by atoms with Gasteiger partial charge in [0.25, 0.3) is 0 Å².